The number of alkyl halides is 2. The van der Waals surface area contributed by atoms with Gasteiger partial charge in [0.1, 0.15) is 5.82 Å². The summed E-state index contributed by atoms with van der Waals surface area (Å²) < 4.78 is 29.9. The fourth-order valence-electron chi connectivity index (χ4n) is 5.77. The summed E-state index contributed by atoms with van der Waals surface area (Å²) in [6.45, 7) is 3.10. The number of unbranched alkanes of at least 4 members (excludes halogenated alkanes) is 3. The summed E-state index contributed by atoms with van der Waals surface area (Å²) in [5.74, 6) is 0.947. The fraction of sp³-hybridized carbons (Fsp3) is 0.382. The molecule has 0 spiro atoms. The van der Waals surface area contributed by atoms with Crippen LogP contribution >= 0.6 is 19.8 Å². The van der Waals surface area contributed by atoms with E-state index in [1.165, 1.54) is 31.9 Å². The van der Waals surface area contributed by atoms with Gasteiger partial charge in [-0.15, -0.1) is 0 Å². The van der Waals surface area contributed by atoms with Crippen LogP contribution in [0.3, 0.4) is 0 Å². The first-order chi connectivity index (χ1) is 21.1. The zero-order valence-electron chi connectivity index (χ0n) is 24.4. The van der Waals surface area contributed by atoms with Crippen LogP contribution in [0.5, 0.6) is 11.5 Å². The summed E-state index contributed by atoms with van der Waals surface area (Å²) in [5.41, 5.74) is 4.64. The molecule has 2 aliphatic heterocycles. The van der Waals surface area contributed by atoms with Gasteiger partial charge in [-0.3, -0.25) is 0 Å². The Kier molecular flexibility index (Phi) is 9.80. The number of fused-ring (bicyclic) bond motifs is 3. The van der Waals surface area contributed by atoms with Gasteiger partial charge in [0.15, 0.2) is 0 Å². The van der Waals surface area contributed by atoms with E-state index in [0.29, 0.717) is 25.4 Å². The van der Waals surface area contributed by atoms with Gasteiger partial charge in [0.25, 0.3) is 0 Å². The number of ether oxygens (including phenoxy) is 2. The zero-order chi connectivity index (χ0) is 29.6. The van der Waals surface area contributed by atoms with E-state index in [9.17, 15) is 4.39 Å². The number of aromatic amines is 1. The van der Waals surface area contributed by atoms with Gasteiger partial charge in [-0.1, -0.05) is 12.8 Å². The third-order valence-electron chi connectivity index (χ3n) is 8.07. The van der Waals surface area contributed by atoms with Crippen LogP contribution in [0.2, 0.25) is 0 Å². The second-order valence-corrected chi connectivity index (χ2v) is 17.1. The van der Waals surface area contributed by atoms with Gasteiger partial charge < -0.3 is 10.4 Å². The summed E-state index contributed by atoms with van der Waals surface area (Å²) in [6, 6.07) is 20.8. The van der Waals surface area contributed by atoms with Crippen LogP contribution in [0.4, 0.5) is 4.39 Å². The number of aliphatic hydroxyl groups excluding tert-OH is 1. The van der Waals surface area contributed by atoms with Crippen LogP contribution in [0.25, 0.3) is 10.9 Å². The number of hydrogen-bond donors (Lipinski definition) is 4. The molecule has 4 aromatic rings. The summed E-state index contributed by atoms with van der Waals surface area (Å²) >= 11 is -0.884. The minimum atomic E-state index is -0.884. The molecular weight excluding hydrogens is 658 g/mol. The van der Waals surface area contributed by atoms with Crippen molar-refractivity contribution in [2.45, 2.75) is 38.1 Å². The van der Waals surface area contributed by atoms with Crippen molar-refractivity contribution < 1.29 is 19.0 Å². The molecule has 1 atom stereocenters. The molecule has 0 bridgehead atoms. The standard InChI is InChI=1S/C34H40FIN4O3/c35-25-7-12-28(13-8-25)43-34(37)40-20-15-29-30-23-26(36-16-17-36)9-14-31(30)39-32(29)33(40)24-5-10-27(11-6-24)42-22-4-2-1-3-18-38-19-21-41/h5-14,23,33,37-39,41H,1-4,15-22H2. The molecule has 1 fully saturated rings. The predicted octanol–water partition coefficient (Wildman–Crippen LogP) is 6.48. The molecule has 3 heterocycles. The number of amidine groups is 1. The maximum absolute atomic E-state index is 13.5. The fourth-order valence-corrected chi connectivity index (χ4v) is 10.0. The number of aromatic nitrogens is 1. The molecule has 0 radical (unpaired) electrons. The quantitative estimate of drug-likeness (QED) is 0.0422. The normalized spacial score (nSPS) is 16.7. The van der Waals surface area contributed by atoms with Gasteiger partial charge in [0, 0.05) is 6.54 Å². The van der Waals surface area contributed by atoms with E-state index in [1.54, 1.807) is 15.7 Å². The maximum atomic E-state index is 13.5. The van der Waals surface area contributed by atoms with Crippen LogP contribution in [0, 0.1) is 14.8 Å². The van der Waals surface area contributed by atoms with Crippen LogP contribution in [-0.4, -0.2) is 62.7 Å². The van der Waals surface area contributed by atoms with E-state index >= 15 is 0 Å². The van der Waals surface area contributed by atoms with E-state index in [2.05, 4.69) is 40.6 Å². The van der Waals surface area contributed by atoms with E-state index in [4.69, 9.17) is 20.0 Å². The molecule has 0 amide bonds. The molecular formula is C34H40FIN4O3. The third-order valence-corrected chi connectivity index (χ3v) is 12.7. The van der Waals surface area contributed by atoms with Crippen molar-refractivity contribution in [1.82, 2.24) is 15.2 Å². The molecule has 43 heavy (non-hydrogen) atoms. The Balaban J connectivity index is 1.18. The van der Waals surface area contributed by atoms with Crippen molar-refractivity contribution in [1.29, 1.82) is 5.41 Å². The first-order valence-electron chi connectivity index (χ1n) is 15.2. The van der Waals surface area contributed by atoms with Crippen molar-refractivity contribution in [3.05, 3.63) is 92.9 Å². The molecule has 0 aliphatic carbocycles. The Morgan fingerprint density at radius 3 is 2.51 bits per heavy atom. The van der Waals surface area contributed by atoms with Gasteiger partial charge in [0.05, 0.1) is 6.61 Å². The molecule has 1 unspecified atom stereocenters. The molecule has 6 rings (SSSR count). The Hall–Kier alpha value is -3.15. The molecule has 7 nitrogen and oxygen atoms in total. The summed E-state index contributed by atoms with van der Waals surface area (Å²) in [6.07, 6.45) is 5.17. The molecule has 3 aromatic carbocycles. The second-order valence-electron chi connectivity index (χ2n) is 11.1. The summed E-state index contributed by atoms with van der Waals surface area (Å²) in [7, 11) is 0. The third kappa shape index (κ3) is 7.33. The zero-order valence-corrected chi connectivity index (χ0v) is 26.5. The second kappa shape index (κ2) is 14.1. The topological polar surface area (TPSA) is 93.6 Å². The van der Waals surface area contributed by atoms with Gasteiger partial charge in [-0.05, 0) is 19.4 Å². The number of rotatable bonds is 13. The predicted molar refractivity (Wildman–Crippen MR) is 178 cm³/mol. The average molecular weight is 699 g/mol. The number of H-pyrrole nitrogens is 1. The Labute approximate surface area is 259 Å². The molecule has 9 heteroatoms. The molecule has 0 saturated carbocycles. The molecule has 1 saturated heterocycles. The molecule has 228 valence electrons. The number of nitrogens with zero attached hydrogens (tertiary/aromatic N) is 1. The van der Waals surface area contributed by atoms with E-state index in [1.807, 2.05) is 17.0 Å². The van der Waals surface area contributed by atoms with Crippen LogP contribution in [0.1, 0.15) is 48.5 Å². The van der Waals surface area contributed by atoms with Crippen LogP contribution in [0.15, 0.2) is 66.7 Å². The van der Waals surface area contributed by atoms with Crippen molar-refractivity contribution in [3.63, 3.8) is 0 Å². The average Bonchev–Trinajstić information content (AvgIpc) is 3.81. The first-order valence-corrected chi connectivity index (χ1v) is 19.3. The minimum absolute atomic E-state index is 0.0415. The number of nitrogens with one attached hydrogen (secondary N) is 3. The number of benzene rings is 3. The van der Waals surface area contributed by atoms with Crippen molar-refractivity contribution in [2.75, 3.05) is 41.7 Å². The number of aliphatic hydroxyl groups is 1. The number of halogens is 2. The first kappa shape index (κ1) is 29.9. The number of hydrogen-bond acceptors (Lipinski definition) is 5. The van der Waals surface area contributed by atoms with Gasteiger partial charge in [-0.25, -0.2) is 4.39 Å². The Morgan fingerprint density at radius 2 is 1.74 bits per heavy atom. The van der Waals surface area contributed by atoms with Crippen molar-refractivity contribution in [3.8, 4) is 11.5 Å². The van der Waals surface area contributed by atoms with E-state index < -0.39 is 19.8 Å². The van der Waals surface area contributed by atoms with Crippen molar-refractivity contribution >= 4 is 36.7 Å². The Bertz CT molecular complexity index is 1520. The van der Waals surface area contributed by atoms with Gasteiger partial charge in [0.2, 0.25) is 0 Å². The molecule has 2 aliphatic rings. The molecule has 4 N–H and O–H groups in total. The van der Waals surface area contributed by atoms with Gasteiger partial charge >= 0.3 is 195 Å². The Morgan fingerprint density at radius 1 is 0.977 bits per heavy atom. The van der Waals surface area contributed by atoms with Gasteiger partial charge in [-0.2, -0.15) is 0 Å². The van der Waals surface area contributed by atoms with Crippen LogP contribution in [-0.2, 0) is 6.42 Å². The summed E-state index contributed by atoms with van der Waals surface area (Å²) in [5, 5.41) is 22.3. The van der Waals surface area contributed by atoms with Crippen LogP contribution < -0.4 is 14.8 Å². The molecule has 1 aromatic heterocycles. The monoisotopic (exact) mass is 698 g/mol. The van der Waals surface area contributed by atoms with Crippen molar-refractivity contribution in [2.24, 2.45) is 0 Å². The van der Waals surface area contributed by atoms with E-state index in [-0.39, 0.29) is 24.5 Å². The SMILES string of the molecule is N=C(Oc1ccc(F)cc1)N1CCc2c([nH]c3ccc(I4CC4)cc23)C1c1ccc(OCCCCCCNCCO)cc1. The summed E-state index contributed by atoms with van der Waals surface area (Å²) in [4.78, 5) is 5.71. The van der Waals surface area contributed by atoms with E-state index in [0.717, 1.165) is 61.2 Å².